The molecule has 1 aliphatic heterocycles. The quantitative estimate of drug-likeness (QED) is 0.274. The second kappa shape index (κ2) is 14.3. The molecule has 1 aliphatic rings. The zero-order valence-corrected chi connectivity index (χ0v) is 21.2. The van der Waals surface area contributed by atoms with E-state index in [4.69, 9.17) is 9.73 Å². The Balaban J connectivity index is 0.00000341. The fourth-order valence-corrected chi connectivity index (χ4v) is 3.98. The minimum absolute atomic E-state index is 0. The SMILES string of the molecule is CCNC(=NCC1CCN(CCc2ccccc2)C1)NCCc1ccccc1OC.I. The summed E-state index contributed by atoms with van der Waals surface area (Å²) in [5.74, 6) is 2.50. The number of halogens is 1. The zero-order chi connectivity index (χ0) is 21.0. The number of aliphatic imine (C=N–C) groups is 1. The highest BCUT2D eigenvalue weighted by Gasteiger charge is 2.21. The third kappa shape index (κ3) is 8.69. The summed E-state index contributed by atoms with van der Waals surface area (Å²) in [4.78, 5) is 7.44. The van der Waals surface area contributed by atoms with Gasteiger partial charge in [-0.15, -0.1) is 24.0 Å². The van der Waals surface area contributed by atoms with E-state index >= 15 is 0 Å². The second-order valence-corrected chi connectivity index (χ2v) is 7.90. The molecule has 0 radical (unpaired) electrons. The number of benzene rings is 2. The number of nitrogens with zero attached hydrogens (tertiary/aromatic N) is 2. The number of rotatable bonds is 10. The van der Waals surface area contributed by atoms with Crippen LogP contribution in [-0.4, -0.2) is 57.2 Å². The Hall–Kier alpha value is -1.80. The van der Waals surface area contributed by atoms with Crippen molar-refractivity contribution in [3.63, 3.8) is 0 Å². The summed E-state index contributed by atoms with van der Waals surface area (Å²) in [5, 5.41) is 6.85. The van der Waals surface area contributed by atoms with Crippen molar-refractivity contribution in [3.8, 4) is 5.75 Å². The van der Waals surface area contributed by atoms with E-state index in [1.54, 1.807) is 7.11 Å². The van der Waals surface area contributed by atoms with Crippen molar-refractivity contribution < 1.29 is 4.74 Å². The van der Waals surface area contributed by atoms with Crippen LogP contribution in [0.3, 0.4) is 0 Å². The molecule has 1 atom stereocenters. The molecule has 1 heterocycles. The van der Waals surface area contributed by atoms with Gasteiger partial charge >= 0.3 is 0 Å². The van der Waals surface area contributed by atoms with Gasteiger partial charge in [-0.2, -0.15) is 0 Å². The topological polar surface area (TPSA) is 48.9 Å². The highest BCUT2D eigenvalue weighted by atomic mass is 127. The highest BCUT2D eigenvalue weighted by Crippen LogP contribution is 2.18. The lowest BCUT2D eigenvalue weighted by atomic mass is 10.1. The number of para-hydroxylation sites is 1. The van der Waals surface area contributed by atoms with E-state index < -0.39 is 0 Å². The van der Waals surface area contributed by atoms with Crippen LogP contribution in [0.1, 0.15) is 24.5 Å². The molecule has 0 amide bonds. The third-order valence-electron chi connectivity index (χ3n) is 5.66. The van der Waals surface area contributed by atoms with Crippen molar-refractivity contribution >= 4 is 29.9 Å². The molecule has 0 aliphatic carbocycles. The molecular weight excluding hydrogens is 499 g/mol. The van der Waals surface area contributed by atoms with Gasteiger partial charge in [0.05, 0.1) is 7.11 Å². The average molecular weight is 537 g/mol. The van der Waals surface area contributed by atoms with E-state index in [1.807, 2.05) is 12.1 Å². The van der Waals surface area contributed by atoms with Crippen molar-refractivity contribution in [2.24, 2.45) is 10.9 Å². The van der Waals surface area contributed by atoms with Crippen LogP contribution in [0, 0.1) is 5.92 Å². The summed E-state index contributed by atoms with van der Waals surface area (Å²) < 4.78 is 5.45. The maximum atomic E-state index is 5.45. The number of guanidine groups is 1. The summed E-state index contributed by atoms with van der Waals surface area (Å²) >= 11 is 0. The molecule has 0 spiro atoms. The maximum absolute atomic E-state index is 5.45. The summed E-state index contributed by atoms with van der Waals surface area (Å²) in [6.45, 7) is 8.17. The molecule has 6 heteroatoms. The van der Waals surface area contributed by atoms with Gasteiger partial charge in [0.25, 0.3) is 0 Å². The van der Waals surface area contributed by atoms with Gasteiger partial charge in [-0.25, -0.2) is 0 Å². The summed E-state index contributed by atoms with van der Waals surface area (Å²) in [5.41, 5.74) is 2.64. The number of methoxy groups -OCH3 is 1. The molecule has 0 bridgehead atoms. The maximum Gasteiger partial charge on any atom is 0.191 e. The van der Waals surface area contributed by atoms with Crippen LogP contribution in [0.25, 0.3) is 0 Å². The van der Waals surface area contributed by atoms with Crippen molar-refractivity contribution in [2.45, 2.75) is 26.2 Å². The Morgan fingerprint density at radius 2 is 1.84 bits per heavy atom. The first-order chi connectivity index (χ1) is 14.8. The summed E-state index contributed by atoms with van der Waals surface area (Å²) in [7, 11) is 1.72. The Kier molecular flexibility index (Phi) is 11.7. The van der Waals surface area contributed by atoms with Crippen LogP contribution >= 0.6 is 24.0 Å². The predicted octanol–water partition coefficient (Wildman–Crippen LogP) is 3.98. The molecule has 2 N–H and O–H groups in total. The van der Waals surface area contributed by atoms with Crippen LogP contribution in [0.4, 0.5) is 0 Å². The Bertz CT molecular complexity index is 784. The lowest BCUT2D eigenvalue weighted by molar-refractivity contribution is 0.329. The van der Waals surface area contributed by atoms with Crippen molar-refractivity contribution in [1.29, 1.82) is 0 Å². The molecule has 31 heavy (non-hydrogen) atoms. The summed E-state index contributed by atoms with van der Waals surface area (Å²) in [6.07, 6.45) is 3.27. The van der Waals surface area contributed by atoms with Gasteiger partial charge in [-0.05, 0) is 55.8 Å². The zero-order valence-electron chi connectivity index (χ0n) is 18.8. The minimum Gasteiger partial charge on any atom is -0.496 e. The molecule has 5 nitrogen and oxygen atoms in total. The van der Waals surface area contributed by atoms with E-state index in [0.717, 1.165) is 57.3 Å². The third-order valence-corrected chi connectivity index (χ3v) is 5.66. The number of hydrogen-bond donors (Lipinski definition) is 2. The lowest BCUT2D eigenvalue weighted by Crippen LogP contribution is -2.38. The van der Waals surface area contributed by atoms with Crippen LogP contribution in [0.5, 0.6) is 5.75 Å². The van der Waals surface area contributed by atoms with E-state index in [2.05, 4.69) is 64.9 Å². The largest absolute Gasteiger partial charge is 0.496 e. The molecule has 0 saturated carbocycles. The van der Waals surface area contributed by atoms with Gasteiger partial charge in [0.1, 0.15) is 5.75 Å². The van der Waals surface area contributed by atoms with Gasteiger partial charge < -0.3 is 20.3 Å². The standard InChI is InChI=1S/C25H36N4O.HI/c1-3-26-25(27-16-13-23-11-7-8-12-24(23)30-2)28-19-22-15-18-29(20-22)17-14-21-9-5-4-6-10-21;/h4-12,22H,3,13-20H2,1-2H3,(H2,26,27,28);1H. The molecular formula is C25H37IN4O. The smallest absolute Gasteiger partial charge is 0.191 e. The van der Waals surface area contributed by atoms with Crippen LogP contribution < -0.4 is 15.4 Å². The van der Waals surface area contributed by atoms with Crippen LogP contribution in [0.2, 0.25) is 0 Å². The van der Waals surface area contributed by atoms with Gasteiger partial charge in [0.2, 0.25) is 0 Å². The van der Waals surface area contributed by atoms with Gasteiger partial charge in [0.15, 0.2) is 5.96 Å². The number of ether oxygens (including phenoxy) is 1. The van der Waals surface area contributed by atoms with Gasteiger partial charge in [0, 0.05) is 32.7 Å². The van der Waals surface area contributed by atoms with Crippen molar-refractivity contribution in [3.05, 3.63) is 65.7 Å². The monoisotopic (exact) mass is 536 g/mol. The molecule has 0 aromatic heterocycles. The predicted molar refractivity (Wildman–Crippen MR) is 141 cm³/mol. The van der Waals surface area contributed by atoms with Crippen LogP contribution in [0.15, 0.2) is 59.6 Å². The van der Waals surface area contributed by atoms with E-state index in [0.29, 0.717) is 5.92 Å². The molecule has 1 unspecified atom stereocenters. The molecule has 2 aromatic rings. The molecule has 1 saturated heterocycles. The molecule has 2 aromatic carbocycles. The van der Waals surface area contributed by atoms with E-state index in [1.165, 1.54) is 24.1 Å². The van der Waals surface area contributed by atoms with Crippen molar-refractivity contribution in [1.82, 2.24) is 15.5 Å². The highest BCUT2D eigenvalue weighted by molar-refractivity contribution is 14.0. The lowest BCUT2D eigenvalue weighted by Gasteiger charge is -2.16. The van der Waals surface area contributed by atoms with Gasteiger partial charge in [-0.1, -0.05) is 48.5 Å². The first kappa shape index (κ1) is 25.5. The number of likely N-dealkylation sites (tertiary alicyclic amines) is 1. The minimum atomic E-state index is 0. The van der Waals surface area contributed by atoms with E-state index in [9.17, 15) is 0 Å². The molecule has 3 rings (SSSR count). The number of hydrogen-bond acceptors (Lipinski definition) is 3. The summed E-state index contributed by atoms with van der Waals surface area (Å²) in [6, 6.07) is 19.0. The average Bonchev–Trinajstić information content (AvgIpc) is 3.25. The Labute approximate surface area is 204 Å². The number of nitrogens with one attached hydrogen (secondary N) is 2. The normalized spacial score (nSPS) is 16.6. The second-order valence-electron chi connectivity index (χ2n) is 7.90. The fourth-order valence-electron chi connectivity index (χ4n) is 3.98. The fraction of sp³-hybridized carbons (Fsp3) is 0.480. The van der Waals surface area contributed by atoms with E-state index in [-0.39, 0.29) is 24.0 Å². The van der Waals surface area contributed by atoms with Gasteiger partial charge in [-0.3, -0.25) is 4.99 Å². The Morgan fingerprint density at radius 3 is 2.61 bits per heavy atom. The van der Waals surface area contributed by atoms with Crippen molar-refractivity contribution in [2.75, 3.05) is 46.4 Å². The first-order valence-electron chi connectivity index (χ1n) is 11.2. The molecule has 1 fully saturated rings. The van der Waals surface area contributed by atoms with Crippen LogP contribution in [-0.2, 0) is 12.8 Å². The molecule has 170 valence electrons. The first-order valence-corrected chi connectivity index (χ1v) is 11.2. The Morgan fingerprint density at radius 1 is 1.06 bits per heavy atom.